The Labute approximate surface area is 94.3 Å². The van der Waals surface area contributed by atoms with Gasteiger partial charge in [0.15, 0.2) is 0 Å². The van der Waals surface area contributed by atoms with Crippen LogP contribution in [0.2, 0.25) is 5.02 Å². The smallest absolute Gasteiger partial charge is 0.0801 e. The third kappa shape index (κ3) is 1.32. The average molecular weight is 224 g/mol. The van der Waals surface area contributed by atoms with Gasteiger partial charge in [0.25, 0.3) is 0 Å². The van der Waals surface area contributed by atoms with E-state index in [4.69, 9.17) is 11.6 Å². The van der Waals surface area contributed by atoms with Crippen molar-refractivity contribution in [1.29, 1.82) is 0 Å². The molecular weight excluding hydrogens is 210 g/mol. The van der Waals surface area contributed by atoms with Crippen molar-refractivity contribution in [2.24, 2.45) is 0 Å². The maximum atomic E-state index is 10.0. The van der Waals surface area contributed by atoms with Crippen molar-refractivity contribution in [2.75, 3.05) is 13.1 Å². The Morgan fingerprint density at radius 2 is 2.33 bits per heavy atom. The fraction of sp³-hybridized carbons (Fsp3) is 0.500. The lowest BCUT2D eigenvalue weighted by Gasteiger charge is -2.23. The summed E-state index contributed by atoms with van der Waals surface area (Å²) in [6.45, 7) is 2.01. The predicted molar refractivity (Wildman–Crippen MR) is 60.2 cm³/mol. The summed E-state index contributed by atoms with van der Waals surface area (Å²) in [5, 5.41) is 14.2. The molecule has 1 heterocycles. The third-order valence-corrected chi connectivity index (χ3v) is 4.01. The van der Waals surface area contributed by atoms with E-state index in [0.29, 0.717) is 0 Å². The van der Waals surface area contributed by atoms with Gasteiger partial charge in [-0.1, -0.05) is 17.7 Å². The number of aliphatic hydroxyl groups excluding tert-OH is 1. The first-order valence-corrected chi connectivity index (χ1v) is 5.78. The summed E-state index contributed by atoms with van der Waals surface area (Å²) in [6.07, 6.45) is 1.64. The Morgan fingerprint density at radius 3 is 3.07 bits per heavy atom. The van der Waals surface area contributed by atoms with E-state index >= 15 is 0 Å². The normalized spacial score (nSPS) is 33.6. The van der Waals surface area contributed by atoms with E-state index in [1.165, 1.54) is 5.56 Å². The van der Waals surface area contributed by atoms with Crippen LogP contribution in [0, 0.1) is 0 Å². The minimum Gasteiger partial charge on any atom is -0.388 e. The molecule has 0 bridgehead atoms. The molecule has 0 saturated carbocycles. The molecule has 1 spiro atoms. The molecule has 2 atom stereocenters. The standard InChI is InChI=1S/C12H14ClNO/c13-8-1-2-9-10(5-8)12(6-11(9)15)3-4-14-7-12/h1-2,5,11,14-15H,3-4,6-7H2. The molecular formula is C12H14ClNO. The highest BCUT2D eigenvalue weighted by Crippen LogP contribution is 2.48. The van der Waals surface area contributed by atoms with E-state index < -0.39 is 0 Å². The van der Waals surface area contributed by atoms with E-state index in [1.807, 2.05) is 18.2 Å². The van der Waals surface area contributed by atoms with Gasteiger partial charge in [-0.2, -0.15) is 0 Å². The molecule has 3 heteroatoms. The first kappa shape index (κ1) is 9.64. The van der Waals surface area contributed by atoms with Gasteiger partial charge in [0.2, 0.25) is 0 Å². The first-order valence-electron chi connectivity index (χ1n) is 5.40. The van der Waals surface area contributed by atoms with Crippen molar-refractivity contribution in [3.8, 4) is 0 Å². The SMILES string of the molecule is OC1CC2(CCNC2)c2cc(Cl)ccc21. The maximum absolute atomic E-state index is 10.0. The van der Waals surface area contributed by atoms with Crippen LogP contribution in [0.1, 0.15) is 30.1 Å². The van der Waals surface area contributed by atoms with Gasteiger partial charge in [-0.3, -0.25) is 0 Å². The molecule has 3 rings (SSSR count). The molecule has 2 aliphatic rings. The van der Waals surface area contributed by atoms with Gasteiger partial charge in [0.05, 0.1) is 6.10 Å². The van der Waals surface area contributed by atoms with Gasteiger partial charge in [0.1, 0.15) is 0 Å². The Kier molecular flexibility index (Phi) is 2.06. The van der Waals surface area contributed by atoms with E-state index in [1.54, 1.807) is 0 Å². The van der Waals surface area contributed by atoms with Gasteiger partial charge >= 0.3 is 0 Å². The molecule has 2 unspecified atom stereocenters. The summed E-state index contributed by atoms with van der Waals surface area (Å²) < 4.78 is 0. The number of nitrogens with one attached hydrogen (secondary N) is 1. The minimum atomic E-state index is -0.308. The summed E-state index contributed by atoms with van der Waals surface area (Å²) in [5.74, 6) is 0. The van der Waals surface area contributed by atoms with Crippen molar-refractivity contribution in [3.63, 3.8) is 0 Å². The van der Waals surface area contributed by atoms with Crippen molar-refractivity contribution in [3.05, 3.63) is 34.3 Å². The van der Waals surface area contributed by atoms with Crippen LogP contribution in [0.4, 0.5) is 0 Å². The summed E-state index contributed by atoms with van der Waals surface area (Å²) in [6, 6.07) is 5.86. The van der Waals surface area contributed by atoms with E-state index in [0.717, 1.165) is 36.5 Å². The number of halogens is 1. The van der Waals surface area contributed by atoms with Crippen LogP contribution in [-0.2, 0) is 5.41 Å². The number of hydrogen-bond donors (Lipinski definition) is 2. The van der Waals surface area contributed by atoms with Crippen molar-refractivity contribution in [2.45, 2.75) is 24.4 Å². The second-order valence-electron chi connectivity index (χ2n) is 4.66. The zero-order valence-electron chi connectivity index (χ0n) is 8.46. The molecule has 2 N–H and O–H groups in total. The number of fused-ring (bicyclic) bond motifs is 2. The molecule has 15 heavy (non-hydrogen) atoms. The molecule has 80 valence electrons. The summed E-state index contributed by atoms with van der Waals surface area (Å²) >= 11 is 6.03. The topological polar surface area (TPSA) is 32.3 Å². The Hall–Kier alpha value is -0.570. The molecule has 1 aromatic rings. The third-order valence-electron chi connectivity index (χ3n) is 3.77. The minimum absolute atomic E-state index is 0.139. The number of aliphatic hydroxyl groups is 1. The lowest BCUT2D eigenvalue weighted by Crippen LogP contribution is -2.26. The van der Waals surface area contributed by atoms with E-state index in [9.17, 15) is 5.11 Å². The number of benzene rings is 1. The van der Waals surface area contributed by atoms with E-state index in [2.05, 4.69) is 5.32 Å². The van der Waals surface area contributed by atoms with Crippen molar-refractivity contribution in [1.82, 2.24) is 5.32 Å². The van der Waals surface area contributed by atoms with Crippen LogP contribution < -0.4 is 5.32 Å². The first-order chi connectivity index (χ1) is 7.21. The zero-order chi connectivity index (χ0) is 10.5. The highest BCUT2D eigenvalue weighted by Gasteiger charge is 2.44. The molecule has 1 fully saturated rings. The monoisotopic (exact) mass is 223 g/mol. The summed E-state index contributed by atoms with van der Waals surface area (Å²) in [5.41, 5.74) is 2.47. The summed E-state index contributed by atoms with van der Waals surface area (Å²) in [4.78, 5) is 0. The molecule has 1 aromatic carbocycles. The molecule has 1 aliphatic heterocycles. The van der Waals surface area contributed by atoms with Crippen molar-refractivity contribution < 1.29 is 5.11 Å². The van der Waals surface area contributed by atoms with Gasteiger partial charge in [-0.05, 0) is 42.6 Å². The Balaban J connectivity index is 2.15. The van der Waals surface area contributed by atoms with Crippen LogP contribution in [-0.4, -0.2) is 18.2 Å². The number of hydrogen-bond acceptors (Lipinski definition) is 2. The van der Waals surface area contributed by atoms with E-state index in [-0.39, 0.29) is 11.5 Å². The average Bonchev–Trinajstić information content (AvgIpc) is 2.76. The van der Waals surface area contributed by atoms with Crippen LogP contribution in [0.3, 0.4) is 0 Å². The zero-order valence-corrected chi connectivity index (χ0v) is 9.22. The molecule has 2 nitrogen and oxygen atoms in total. The second kappa shape index (κ2) is 3.21. The van der Waals surface area contributed by atoms with Gasteiger partial charge in [-0.15, -0.1) is 0 Å². The second-order valence-corrected chi connectivity index (χ2v) is 5.10. The van der Waals surface area contributed by atoms with Crippen LogP contribution >= 0.6 is 11.6 Å². The van der Waals surface area contributed by atoms with Crippen molar-refractivity contribution >= 4 is 11.6 Å². The Morgan fingerprint density at radius 1 is 1.47 bits per heavy atom. The quantitative estimate of drug-likeness (QED) is 0.705. The fourth-order valence-electron chi connectivity index (χ4n) is 3.02. The van der Waals surface area contributed by atoms with Gasteiger partial charge in [0, 0.05) is 17.0 Å². The predicted octanol–water partition coefficient (Wildman–Crippen LogP) is 2.01. The largest absolute Gasteiger partial charge is 0.388 e. The Bertz CT molecular complexity index is 399. The van der Waals surface area contributed by atoms with Gasteiger partial charge < -0.3 is 10.4 Å². The maximum Gasteiger partial charge on any atom is 0.0801 e. The molecule has 1 saturated heterocycles. The van der Waals surface area contributed by atoms with Crippen LogP contribution in [0.5, 0.6) is 0 Å². The lowest BCUT2D eigenvalue weighted by atomic mass is 9.81. The summed E-state index contributed by atoms with van der Waals surface area (Å²) in [7, 11) is 0. The highest BCUT2D eigenvalue weighted by atomic mass is 35.5. The van der Waals surface area contributed by atoms with Gasteiger partial charge in [-0.25, -0.2) is 0 Å². The lowest BCUT2D eigenvalue weighted by molar-refractivity contribution is 0.158. The molecule has 1 aliphatic carbocycles. The van der Waals surface area contributed by atoms with Crippen LogP contribution in [0.25, 0.3) is 0 Å². The number of rotatable bonds is 0. The molecule has 0 amide bonds. The fourth-order valence-corrected chi connectivity index (χ4v) is 3.19. The highest BCUT2D eigenvalue weighted by molar-refractivity contribution is 6.30. The molecule has 0 aromatic heterocycles. The molecule has 0 radical (unpaired) electrons. The van der Waals surface area contributed by atoms with Crippen LogP contribution in [0.15, 0.2) is 18.2 Å².